The summed E-state index contributed by atoms with van der Waals surface area (Å²) in [5.41, 5.74) is 2.45. The lowest BCUT2D eigenvalue weighted by Gasteiger charge is -2.20. The van der Waals surface area contributed by atoms with E-state index in [1.807, 2.05) is 47.8 Å². The average Bonchev–Trinajstić information content (AvgIpc) is 3.59. The summed E-state index contributed by atoms with van der Waals surface area (Å²) in [7, 11) is 1.67. The van der Waals surface area contributed by atoms with Gasteiger partial charge in [0.25, 0.3) is 11.8 Å². The second kappa shape index (κ2) is 9.90. The van der Waals surface area contributed by atoms with Gasteiger partial charge < -0.3 is 24.4 Å². The number of carbonyl (C=O) groups excluding carboxylic acids is 2. The van der Waals surface area contributed by atoms with Crippen molar-refractivity contribution in [2.45, 2.75) is 6.61 Å². The molecule has 0 aliphatic carbocycles. The first-order valence-electron chi connectivity index (χ1n) is 10.9. The lowest BCUT2D eigenvalue weighted by Crippen LogP contribution is -2.28. The summed E-state index contributed by atoms with van der Waals surface area (Å²) >= 11 is 1.36. The zero-order valence-corrected chi connectivity index (χ0v) is 19.7. The highest BCUT2D eigenvalue weighted by atomic mass is 32.1. The summed E-state index contributed by atoms with van der Waals surface area (Å²) in [6.07, 6.45) is 0. The summed E-state index contributed by atoms with van der Waals surface area (Å²) in [6, 6.07) is 23.5. The van der Waals surface area contributed by atoms with Crippen LogP contribution in [0, 0.1) is 0 Å². The standard InChI is InChI=1S/C27H22N2O5S/c1-29(27(31)25-10-5-13-35-25)22-9-3-2-8-21(22)26(30)28-19-7-4-6-18(14-19)16-32-20-11-12-23-24(15-20)34-17-33-23/h2-15H,16-17H2,1H3,(H,28,30). The van der Waals surface area contributed by atoms with Gasteiger partial charge >= 0.3 is 0 Å². The average molecular weight is 487 g/mol. The Hall–Kier alpha value is -4.30. The van der Waals surface area contributed by atoms with Crippen LogP contribution in [0.15, 0.2) is 84.2 Å². The molecule has 0 bridgehead atoms. The summed E-state index contributed by atoms with van der Waals surface area (Å²) in [5, 5.41) is 4.78. The van der Waals surface area contributed by atoms with Crippen LogP contribution in [-0.2, 0) is 6.61 Å². The van der Waals surface area contributed by atoms with Crippen LogP contribution in [-0.4, -0.2) is 25.7 Å². The normalized spacial score (nSPS) is 11.7. The molecule has 176 valence electrons. The van der Waals surface area contributed by atoms with Gasteiger partial charge in [0.2, 0.25) is 6.79 Å². The van der Waals surface area contributed by atoms with Crippen LogP contribution in [0.25, 0.3) is 0 Å². The zero-order valence-electron chi connectivity index (χ0n) is 18.9. The van der Waals surface area contributed by atoms with Crippen molar-refractivity contribution < 1.29 is 23.8 Å². The Bertz CT molecular complexity index is 1370. The first-order valence-corrected chi connectivity index (χ1v) is 11.8. The number of fused-ring (bicyclic) bond motifs is 1. The second-order valence-corrected chi connectivity index (χ2v) is 8.76. The monoisotopic (exact) mass is 486 g/mol. The number of carbonyl (C=O) groups is 2. The molecule has 2 heterocycles. The predicted molar refractivity (Wildman–Crippen MR) is 135 cm³/mol. The third-order valence-electron chi connectivity index (χ3n) is 5.48. The summed E-state index contributed by atoms with van der Waals surface area (Å²) in [6.45, 7) is 0.527. The topological polar surface area (TPSA) is 77.1 Å². The number of hydrogen-bond acceptors (Lipinski definition) is 6. The van der Waals surface area contributed by atoms with Crippen molar-refractivity contribution in [3.05, 3.63) is 100 Å². The van der Waals surface area contributed by atoms with Crippen molar-refractivity contribution >= 4 is 34.5 Å². The molecule has 0 unspecified atom stereocenters. The number of amides is 2. The van der Waals surface area contributed by atoms with Gasteiger partial charge in [-0.3, -0.25) is 9.59 Å². The van der Waals surface area contributed by atoms with E-state index in [2.05, 4.69) is 5.32 Å². The number of thiophene rings is 1. The highest BCUT2D eigenvalue weighted by Crippen LogP contribution is 2.35. The van der Waals surface area contributed by atoms with Crippen molar-refractivity contribution in [1.29, 1.82) is 0 Å². The van der Waals surface area contributed by atoms with Gasteiger partial charge in [0, 0.05) is 18.8 Å². The number of nitrogens with one attached hydrogen (secondary N) is 1. The quantitative estimate of drug-likeness (QED) is 0.369. The van der Waals surface area contributed by atoms with Crippen LogP contribution in [0.5, 0.6) is 17.2 Å². The second-order valence-electron chi connectivity index (χ2n) is 7.82. The minimum Gasteiger partial charge on any atom is -0.489 e. The van der Waals surface area contributed by atoms with E-state index in [0.29, 0.717) is 45.7 Å². The van der Waals surface area contributed by atoms with Gasteiger partial charge in [-0.2, -0.15) is 0 Å². The van der Waals surface area contributed by atoms with E-state index >= 15 is 0 Å². The van der Waals surface area contributed by atoms with Crippen LogP contribution in [0.4, 0.5) is 11.4 Å². The Balaban J connectivity index is 1.27. The van der Waals surface area contributed by atoms with Gasteiger partial charge in [0.1, 0.15) is 12.4 Å². The predicted octanol–water partition coefficient (Wildman–Crippen LogP) is 5.58. The van der Waals surface area contributed by atoms with Crippen molar-refractivity contribution in [2.24, 2.45) is 0 Å². The number of benzene rings is 3. The smallest absolute Gasteiger partial charge is 0.268 e. The summed E-state index contributed by atoms with van der Waals surface area (Å²) < 4.78 is 16.6. The fourth-order valence-electron chi connectivity index (χ4n) is 3.70. The summed E-state index contributed by atoms with van der Waals surface area (Å²) in [4.78, 5) is 28.1. The van der Waals surface area contributed by atoms with Crippen molar-refractivity contribution in [3.8, 4) is 17.2 Å². The van der Waals surface area contributed by atoms with Crippen molar-refractivity contribution in [2.75, 3.05) is 24.1 Å². The number of ether oxygens (including phenoxy) is 3. The molecule has 4 aromatic rings. The maximum absolute atomic E-state index is 13.1. The maximum atomic E-state index is 13.1. The van der Waals surface area contributed by atoms with Crippen LogP contribution in [0.3, 0.4) is 0 Å². The third kappa shape index (κ3) is 4.97. The van der Waals surface area contributed by atoms with E-state index in [1.54, 1.807) is 43.4 Å². The minimum atomic E-state index is -0.305. The minimum absolute atomic E-state index is 0.164. The number of nitrogens with zero attached hydrogens (tertiary/aromatic N) is 1. The highest BCUT2D eigenvalue weighted by molar-refractivity contribution is 7.12. The number of rotatable bonds is 7. The first kappa shape index (κ1) is 22.5. The lowest BCUT2D eigenvalue weighted by molar-refractivity contribution is 0.0996. The van der Waals surface area contributed by atoms with E-state index in [1.165, 1.54) is 16.2 Å². The largest absolute Gasteiger partial charge is 0.489 e. The molecular formula is C27H22N2O5S. The van der Waals surface area contributed by atoms with E-state index < -0.39 is 0 Å². The van der Waals surface area contributed by atoms with E-state index in [4.69, 9.17) is 14.2 Å². The van der Waals surface area contributed by atoms with E-state index in [-0.39, 0.29) is 18.6 Å². The van der Waals surface area contributed by atoms with Crippen LogP contribution in [0.2, 0.25) is 0 Å². The fraction of sp³-hybridized carbons (Fsp3) is 0.111. The van der Waals surface area contributed by atoms with Gasteiger partial charge in [-0.1, -0.05) is 30.3 Å². The number of anilines is 2. The number of para-hydroxylation sites is 1. The van der Waals surface area contributed by atoms with Gasteiger partial charge in [0.15, 0.2) is 11.5 Å². The molecule has 0 spiro atoms. The molecule has 35 heavy (non-hydrogen) atoms. The Morgan fingerprint density at radius 1 is 0.971 bits per heavy atom. The van der Waals surface area contributed by atoms with Gasteiger partial charge in [-0.15, -0.1) is 11.3 Å². The van der Waals surface area contributed by atoms with E-state index in [0.717, 1.165) is 5.56 Å². The summed E-state index contributed by atoms with van der Waals surface area (Å²) in [5.74, 6) is 1.55. The molecule has 5 rings (SSSR count). The molecular weight excluding hydrogens is 464 g/mol. The SMILES string of the molecule is CN(C(=O)c1cccs1)c1ccccc1C(=O)Nc1cccc(COc2ccc3c(c2)OCO3)c1. The molecule has 1 N–H and O–H groups in total. The molecule has 1 aliphatic heterocycles. The fourth-order valence-corrected chi connectivity index (χ4v) is 4.40. The highest BCUT2D eigenvalue weighted by Gasteiger charge is 2.20. The van der Waals surface area contributed by atoms with Crippen LogP contribution in [0.1, 0.15) is 25.6 Å². The molecule has 7 nitrogen and oxygen atoms in total. The molecule has 1 aromatic heterocycles. The van der Waals surface area contributed by atoms with E-state index in [9.17, 15) is 9.59 Å². The molecule has 0 saturated heterocycles. The number of hydrogen-bond donors (Lipinski definition) is 1. The molecule has 3 aromatic carbocycles. The maximum Gasteiger partial charge on any atom is 0.268 e. The Kier molecular flexibility index (Phi) is 6.36. The molecule has 8 heteroatoms. The van der Waals surface area contributed by atoms with Crippen molar-refractivity contribution in [1.82, 2.24) is 0 Å². The molecule has 0 atom stereocenters. The lowest BCUT2D eigenvalue weighted by atomic mass is 10.1. The molecule has 0 saturated carbocycles. The van der Waals surface area contributed by atoms with Crippen molar-refractivity contribution in [3.63, 3.8) is 0 Å². The first-order chi connectivity index (χ1) is 17.1. The third-order valence-corrected chi connectivity index (χ3v) is 6.34. The van der Waals surface area contributed by atoms with Gasteiger partial charge in [-0.25, -0.2) is 0 Å². The Labute approximate surface area is 206 Å². The molecule has 2 amide bonds. The zero-order chi connectivity index (χ0) is 24.2. The van der Waals surface area contributed by atoms with Crippen LogP contribution >= 0.6 is 11.3 Å². The molecule has 1 aliphatic rings. The van der Waals surface area contributed by atoms with Gasteiger partial charge in [-0.05, 0) is 53.4 Å². The molecule has 0 fully saturated rings. The molecule has 0 radical (unpaired) electrons. The van der Waals surface area contributed by atoms with Gasteiger partial charge in [0.05, 0.1) is 16.1 Å². The Morgan fingerprint density at radius 3 is 2.69 bits per heavy atom. The van der Waals surface area contributed by atoms with Crippen LogP contribution < -0.4 is 24.4 Å². The Morgan fingerprint density at radius 2 is 1.83 bits per heavy atom.